The van der Waals surface area contributed by atoms with Gasteiger partial charge in [-0.25, -0.2) is 0 Å². The van der Waals surface area contributed by atoms with E-state index < -0.39 is 0 Å². The van der Waals surface area contributed by atoms with Crippen molar-refractivity contribution >= 4 is 22.1 Å². The summed E-state index contributed by atoms with van der Waals surface area (Å²) in [5.41, 5.74) is 2.35. The zero-order valence-electron chi connectivity index (χ0n) is 13.1. The van der Waals surface area contributed by atoms with Crippen LogP contribution in [0.3, 0.4) is 0 Å². The number of unbranched alkanes of at least 4 members (excludes halogenated alkanes) is 2. The lowest BCUT2D eigenvalue weighted by molar-refractivity contribution is 0.211. The Bertz CT molecular complexity index is 554. The molecular weight excluding hydrogens is 260 g/mol. The summed E-state index contributed by atoms with van der Waals surface area (Å²) in [6.07, 6.45) is 3.78. The molecule has 0 aliphatic rings. The van der Waals surface area contributed by atoms with Crippen LogP contribution in [0, 0.1) is 0 Å². The molecule has 3 nitrogen and oxygen atoms in total. The molecule has 2 aromatic carbocycles. The molecule has 2 aromatic rings. The third kappa shape index (κ3) is 4.94. The molecular formula is C18H26N2O. The summed E-state index contributed by atoms with van der Waals surface area (Å²) in [4.78, 5) is 0. The van der Waals surface area contributed by atoms with E-state index in [-0.39, 0.29) is 0 Å². The standard InChI is InChI=1S/C18H26N2O/c1-3-4-5-10-19-17-8-6-16-14-18(20-11-12-21-2)9-7-15(16)13-17/h6-9,13-14,19-20H,3-5,10-12H2,1-2H3. The summed E-state index contributed by atoms with van der Waals surface area (Å²) < 4.78 is 5.05. The van der Waals surface area contributed by atoms with E-state index in [2.05, 4.69) is 54.0 Å². The van der Waals surface area contributed by atoms with Crippen molar-refractivity contribution in [3.8, 4) is 0 Å². The Morgan fingerprint density at radius 2 is 1.48 bits per heavy atom. The Kier molecular flexibility index (Phi) is 6.35. The third-order valence-electron chi connectivity index (χ3n) is 3.59. The predicted octanol–water partition coefficient (Wildman–Crippen LogP) is 4.50. The number of anilines is 2. The van der Waals surface area contributed by atoms with Gasteiger partial charge in [0.15, 0.2) is 0 Å². The Labute approximate surface area is 127 Å². The van der Waals surface area contributed by atoms with E-state index in [1.807, 2.05) is 0 Å². The number of nitrogens with one attached hydrogen (secondary N) is 2. The Hall–Kier alpha value is -1.74. The minimum Gasteiger partial charge on any atom is -0.385 e. The highest BCUT2D eigenvalue weighted by atomic mass is 16.5. The summed E-state index contributed by atoms with van der Waals surface area (Å²) in [7, 11) is 1.72. The first-order chi connectivity index (χ1) is 10.3. The number of rotatable bonds is 9. The summed E-state index contributed by atoms with van der Waals surface area (Å²) in [5.74, 6) is 0. The average Bonchev–Trinajstić information content (AvgIpc) is 2.52. The molecule has 0 aliphatic heterocycles. The fourth-order valence-electron chi connectivity index (χ4n) is 2.37. The maximum Gasteiger partial charge on any atom is 0.0635 e. The van der Waals surface area contributed by atoms with Gasteiger partial charge in [-0.3, -0.25) is 0 Å². The van der Waals surface area contributed by atoms with Crippen LogP contribution < -0.4 is 10.6 Å². The molecule has 0 unspecified atom stereocenters. The van der Waals surface area contributed by atoms with Gasteiger partial charge < -0.3 is 15.4 Å². The van der Waals surface area contributed by atoms with Crippen LogP contribution in [0.15, 0.2) is 36.4 Å². The molecule has 0 aliphatic carbocycles. The van der Waals surface area contributed by atoms with Crippen molar-refractivity contribution in [2.75, 3.05) is 37.4 Å². The second kappa shape index (κ2) is 8.53. The highest BCUT2D eigenvalue weighted by Crippen LogP contribution is 2.22. The molecule has 2 rings (SSSR count). The molecule has 3 heteroatoms. The first-order valence-corrected chi connectivity index (χ1v) is 7.84. The fraction of sp³-hybridized carbons (Fsp3) is 0.444. The van der Waals surface area contributed by atoms with Gasteiger partial charge in [0, 0.05) is 31.6 Å². The van der Waals surface area contributed by atoms with Gasteiger partial charge in [-0.2, -0.15) is 0 Å². The van der Waals surface area contributed by atoms with Crippen molar-refractivity contribution in [3.05, 3.63) is 36.4 Å². The van der Waals surface area contributed by atoms with Gasteiger partial charge in [0.25, 0.3) is 0 Å². The van der Waals surface area contributed by atoms with Crippen molar-refractivity contribution in [2.24, 2.45) is 0 Å². The highest BCUT2D eigenvalue weighted by molar-refractivity contribution is 5.88. The quantitative estimate of drug-likeness (QED) is 0.666. The molecule has 0 saturated carbocycles. The van der Waals surface area contributed by atoms with E-state index in [1.165, 1.54) is 35.7 Å². The Morgan fingerprint density at radius 3 is 2.05 bits per heavy atom. The maximum absolute atomic E-state index is 5.05. The van der Waals surface area contributed by atoms with E-state index in [0.29, 0.717) is 0 Å². The zero-order chi connectivity index (χ0) is 14.9. The molecule has 0 spiro atoms. The minimum atomic E-state index is 0.721. The van der Waals surface area contributed by atoms with Gasteiger partial charge in [-0.15, -0.1) is 0 Å². The lowest BCUT2D eigenvalue weighted by Crippen LogP contribution is -2.07. The number of ether oxygens (including phenoxy) is 1. The van der Waals surface area contributed by atoms with E-state index in [0.717, 1.165) is 25.4 Å². The van der Waals surface area contributed by atoms with E-state index in [9.17, 15) is 0 Å². The molecule has 0 radical (unpaired) electrons. The molecule has 0 fully saturated rings. The molecule has 0 saturated heterocycles. The monoisotopic (exact) mass is 286 g/mol. The van der Waals surface area contributed by atoms with E-state index in [4.69, 9.17) is 4.74 Å². The number of benzene rings is 2. The number of hydrogen-bond donors (Lipinski definition) is 2. The van der Waals surface area contributed by atoms with Gasteiger partial charge in [-0.1, -0.05) is 31.9 Å². The number of fused-ring (bicyclic) bond motifs is 1. The van der Waals surface area contributed by atoms with Gasteiger partial charge in [0.1, 0.15) is 0 Å². The summed E-state index contributed by atoms with van der Waals surface area (Å²) in [5, 5.41) is 9.39. The van der Waals surface area contributed by atoms with E-state index >= 15 is 0 Å². The Morgan fingerprint density at radius 1 is 0.857 bits per heavy atom. The molecule has 114 valence electrons. The molecule has 0 heterocycles. The molecule has 0 amide bonds. The van der Waals surface area contributed by atoms with Gasteiger partial charge in [0.05, 0.1) is 6.61 Å². The van der Waals surface area contributed by atoms with Crippen molar-refractivity contribution in [1.82, 2.24) is 0 Å². The van der Waals surface area contributed by atoms with E-state index in [1.54, 1.807) is 7.11 Å². The van der Waals surface area contributed by atoms with Crippen LogP contribution in [0.25, 0.3) is 10.8 Å². The molecule has 2 N–H and O–H groups in total. The van der Waals surface area contributed by atoms with Gasteiger partial charge in [0.2, 0.25) is 0 Å². The third-order valence-corrected chi connectivity index (χ3v) is 3.59. The summed E-state index contributed by atoms with van der Waals surface area (Å²) in [6, 6.07) is 13.0. The van der Waals surface area contributed by atoms with Crippen molar-refractivity contribution in [1.29, 1.82) is 0 Å². The van der Waals surface area contributed by atoms with Crippen molar-refractivity contribution in [3.63, 3.8) is 0 Å². The first kappa shape index (κ1) is 15.6. The van der Waals surface area contributed by atoms with Gasteiger partial charge >= 0.3 is 0 Å². The normalized spacial score (nSPS) is 10.8. The second-order valence-electron chi connectivity index (χ2n) is 5.33. The molecule has 0 bridgehead atoms. The van der Waals surface area contributed by atoms with Crippen LogP contribution in [0.5, 0.6) is 0 Å². The molecule has 21 heavy (non-hydrogen) atoms. The largest absolute Gasteiger partial charge is 0.385 e. The van der Waals surface area contributed by atoms with Crippen molar-refractivity contribution < 1.29 is 4.74 Å². The second-order valence-corrected chi connectivity index (χ2v) is 5.33. The smallest absolute Gasteiger partial charge is 0.0635 e. The van der Waals surface area contributed by atoms with Gasteiger partial charge in [-0.05, 0) is 41.5 Å². The maximum atomic E-state index is 5.05. The minimum absolute atomic E-state index is 0.721. The predicted molar refractivity (Wildman–Crippen MR) is 92.3 cm³/mol. The van der Waals surface area contributed by atoms with Crippen LogP contribution in [0.2, 0.25) is 0 Å². The molecule has 0 aromatic heterocycles. The Balaban J connectivity index is 1.98. The number of methoxy groups -OCH3 is 1. The topological polar surface area (TPSA) is 33.3 Å². The fourth-order valence-corrected chi connectivity index (χ4v) is 2.37. The lowest BCUT2D eigenvalue weighted by atomic mass is 10.1. The summed E-state index contributed by atoms with van der Waals surface area (Å²) in [6.45, 7) is 4.84. The van der Waals surface area contributed by atoms with Crippen LogP contribution in [-0.2, 0) is 4.74 Å². The molecule has 0 atom stereocenters. The van der Waals surface area contributed by atoms with Crippen molar-refractivity contribution in [2.45, 2.75) is 26.2 Å². The van der Waals surface area contributed by atoms with Crippen LogP contribution in [0.4, 0.5) is 11.4 Å². The zero-order valence-corrected chi connectivity index (χ0v) is 13.1. The first-order valence-electron chi connectivity index (χ1n) is 7.84. The SMILES string of the molecule is CCCCCNc1ccc2cc(NCCOC)ccc2c1. The summed E-state index contributed by atoms with van der Waals surface area (Å²) >= 11 is 0. The highest BCUT2D eigenvalue weighted by Gasteiger charge is 1.99. The number of hydrogen-bond acceptors (Lipinski definition) is 3. The lowest BCUT2D eigenvalue weighted by Gasteiger charge is -2.09. The van der Waals surface area contributed by atoms with Crippen LogP contribution >= 0.6 is 0 Å². The average molecular weight is 286 g/mol. The van der Waals surface area contributed by atoms with Crippen LogP contribution in [0.1, 0.15) is 26.2 Å². The van der Waals surface area contributed by atoms with Crippen LogP contribution in [-0.4, -0.2) is 26.8 Å².